The van der Waals surface area contributed by atoms with E-state index in [9.17, 15) is 9.59 Å². The van der Waals surface area contributed by atoms with Crippen LogP contribution in [0, 0.1) is 19.8 Å². The molecule has 2 amide bonds. The van der Waals surface area contributed by atoms with E-state index in [1.54, 1.807) is 0 Å². The molecule has 0 atom stereocenters. The third-order valence-corrected chi connectivity index (χ3v) is 6.62. The molecule has 1 aliphatic heterocycles. The summed E-state index contributed by atoms with van der Waals surface area (Å²) >= 11 is 1.06. The summed E-state index contributed by atoms with van der Waals surface area (Å²) in [6, 6.07) is 10.3. The molecule has 1 saturated carbocycles. The second-order valence-electron chi connectivity index (χ2n) is 7.89. The minimum atomic E-state index is -0.144. The zero-order valence-electron chi connectivity index (χ0n) is 16.5. The number of nitrogens with zero attached hydrogens (tertiary/aromatic N) is 2. The average Bonchev–Trinajstić information content (AvgIpc) is 3.23. The van der Waals surface area contributed by atoms with Gasteiger partial charge in [0.2, 0.25) is 0 Å². The van der Waals surface area contributed by atoms with Crippen LogP contribution in [0.3, 0.4) is 0 Å². The summed E-state index contributed by atoms with van der Waals surface area (Å²) in [5.41, 5.74) is 4.40. The molecule has 2 heterocycles. The summed E-state index contributed by atoms with van der Waals surface area (Å²) in [6.07, 6.45) is 9.78. The van der Waals surface area contributed by atoms with Crippen LogP contribution in [0.25, 0.3) is 11.8 Å². The van der Waals surface area contributed by atoms with Crippen LogP contribution in [0.15, 0.2) is 41.4 Å². The van der Waals surface area contributed by atoms with Gasteiger partial charge in [0.1, 0.15) is 0 Å². The van der Waals surface area contributed by atoms with E-state index in [1.165, 1.54) is 35.3 Å². The second kappa shape index (κ2) is 8.00. The number of carbonyl (C=O) groups is 2. The molecule has 5 heteroatoms. The number of aromatic nitrogens is 1. The van der Waals surface area contributed by atoms with Crippen LogP contribution in [0.5, 0.6) is 0 Å². The lowest BCUT2D eigenvalue weighted by atomic mass is 9.89. The molecule has 4 rings (SSSR count). The monoisotopic (exact) mass is 394 g/mol. The van der Waals surface area contributed by atoms with Gasteiger partial charge in [-0.1, -0.05) is 37.0 Å². The number of thioether (sulfide) groups is 1. The van der Waals surface area contributed by atoms with E-state index < -0.39 is 0 Å². The maximum Gasteiger partial charge on any atom is 0.293 e. The van der Waals surface area contributed by atoms with Gasteiger partial charge < -0.3 is 4.57 Å². The van der Waals surface area contributed by atoms with Gasteiger partial charge in [0, 0.05) is 24.1 Å². The first-order valence-electron chi connectivity index (χ1n) is 10.0. The van der Waals surface area contributed by atoms with Gasteiger partial charge in [0.05, 0.1) is 4.91 Å². The molecule has 2 aliphatic rings. The lowest BCUT2D eigenvalue weighted by molar-refractivity contribution is -0.123. The van der Waals surface area contributed by atoms with Gasteiger partial charge in [-0.2, -0.15) is 0 Å². The smallest absolute Gasteiger partial charge is 0.293 e. The maximum atomic E-state index is 12.9. The van der Waals surface area contributed by atoms with E-state index in [0.29, 0.717) is 17.4 Å². The zero-order valence-corrected chi connectivity index (χ0v) is 17.3. The molecule has 2 fully saturated rings. The Labute approximate surface area is 170 Å². The molecule has 0 bridgehead atoms. The Kier molecular flexibility index (Phi) is 5.44. The summed E-state index contributed by atoms with van der Waals surface area (Å²) in [7, 11) is 0. The predicted molar refractivity (Wildman–Crippen MR) is 114 cm³/mol. The topological polar surface area (TPSA) is 42.3 Å². The fraction of sp³-hybridized carbons (Fsp3) is 0.391. The highest BCUT2D eigenvalue weighted by Gasteiger charge is 2.36. The first-order chi connectivity index (χ1) is 13.5. The van der Waals surface area contributed by atoms with Crippen LogP contribution in [-0.4, -0.2) is 27.2 Å². The molecule has 146 valence electrons. The highest BCUT2D eigenvalue weighted by atomic mass is 32.2. The van der Waals surface area contributed by atoms with Gasteiger partial charge >= 0.3 is 0 Å². The van der Waals surface area contributed by atoms with Crippen LogP contribution in [0.2, 0.25) is 0 Å². The molecule has 1 aromatic carbocycles. The lowest BCUT2D eigenvalue weighted by Crippen LogP contribution is -2.34. The highest BCUT2D eigenvalue weighted by Crippen LogP contribution is 2.35. The fourth-order valence-electron chi connectivity index (χ4n) is 4.23. The van der Waals surface area contributed by atoms with Crippen molar-refractivity contribution in [2.75, 3.05) is 6.54 Å². The number of benzene rings is 1. The van der Waals surface area contributed by atoms with Crippen LogP contribution in [-0.2, 0) is 4.79 Å². The molecule has 0 N–H and O–H groups in total. The first kappa shape index (κ1) is 19.1. The number of amides is 2. The van der Waals surface area contributed by atoms with Crippen LogP contribution in [0.4, 0.5) is 4.79 Å². The number of carbonyl (C=O) groups excluding carboxylic acids is 2. The Morgan fingerprint density at radius 2 is 1.89 bits per heavy atom. The van der Waals surface area contributed by atoms with Gasteiger partial charge in [-0.3, -0.25) is 14.5 Å². The van der Waals surface area contributed by atoms with Crippen molar-refractivity contribution in [2.24, 2.45) is 5.92 Å². The van der Waals surface area contributed by atoms with E-state index in [2.05, 4.69) is 36.6 Å². The summed E-state index contributed by atoms with van der Waals surface area (Å²) in [6.45, 7) is 4.74. The summed E-state index contributed by atoms with van der Waals surface area (Å²) < 4.78 is 2.07. The van der Waals surface area contributed by atoms with Crippen molar-refractivity contribution in [3.63, 3.8) is 0 Å². The first-order valence-corrected chi connectivity index (χ1v) is 10.8. The van der Waals surface area contributed by atoms with Gasteiger partial charge in [-0.05, 0) is 74.2 Å². The summed E-state index contributed by atoms with van der Waals surface area (Å²) in [5.74, 6) is 0.314. The molecule has 0 unspecified atom stereocenters. The molecule has 4 nitrogen and oxygen atoms in total. The van der Waals surface area contributed by atoms with Gasteiger partial charge in [-0.15, -0.1) is 0 Å². The minimum Gasteiger partial charge on any atom is -0.317 e. The van der Waals surface area contributed by atoms with Crippen molar-refractivity contribution >= 4 is 29.0 Å². The zero-order chi connectivity index (χ0) is 19.7. The number of rotatable bonds is 4. The molecule has 1 aliphatic carbocycles. The van der Waals surface area contributed by atoms with Crippen molar-refractivity contribution in [1.29, 1.82) is 0 Å². The molecule has 28 heavy (non-hydrogen) atoms. The second-order valence-corrected chi connectivity index (χ2v) is 8.88. The molecule has 2 aromatic rings. The van der Waals surface area contributed by atoms with Crippen molar-refractivity contribution < 1.29 is 9.59 Å². The van der Waals surface area contributed by atoms with E-state index in [4.69, 9.17) is 0 Å². The van der Waals surface area contributed by atoms with Crippen molar-refractivity contribution in [2.45, 2.75) is 46.0 Å². The number of hydrogen-bond donors (Lipinski definition) is 0. The van der Waals surface area contributed by atoms with Crippen LogP contribution < -0.4 is 0 Å². The predicted octanol–water partition coefficient (Wildman–Crippen LogP) is 5.71. The normalized spacial score (nSPS) is 19.8. The van der Waals surface area contributed by atoms with E-state index >= 15 is 0 Å². The lowest BCUT2D eigenvalue weighted by Gasteiger charge is -2.25. The molecule has 0 radical (unpaired) electrons. The highest BCUT2D eigenvalue weighted by molar-refractivity contribution is 8.18. The molecular formula is C23H26N2O2S. The molecular weight excluding hydrogens is 368 g/mol. The van der Waals surface area contributed by atoms with E-state index in [-0.39, 0.29) is 11.1 Å². The third-order valence-electron chi connectivity index (χ3n) is 5.71. The fourth-order valence-corrected chi connectivity index (χ4v) is 5.06. The number of aryl methyl sites for hydroxylation is 2. The minimum absolute atomic E-state index is 0.133. The van der Waals surface area contributed by atoms with Gasteiger partial charge in [0.25, 0.3) is 11.1 Å². The Morgan fingerprint density at radius 1 is 1.11 bits per heavy atom. The van der Waals surface area contributed by atoms with E-state index in [0.717, 1.165) is 36.0 Å². The van der Waals surface area contributed by atoms with E-state index in [1.807, 2.05) is 24.4 Å². The van der Waals surface area contributed by atoms with Gasteiger partial charge in [-0.25, -0.2) is 0 Å². The Balaban J connectivity index is 1.57. The van der Waals surface area contributed by atoms with Crippen molar-refractivity contribution in [3.8, 4) is 5.69 Å². The van der Waals surface area contributed by atoms with Crippen LogP contribution in [0.1, 0.15) is 48.9 Å². The average molecular weight is 395 g/mol. The molecule has 1 saturated heterocycles. The SMILES string of the molecule is Cc1ccc(-n2cccc2/C=C2/SC(=O)N(CC3CCCCC3)C2=O)c(C)c1. The quantitative estimate of drug-likeness (QED) is 0.624. The van der Waals surface area contributed by atoms with Gasteiger partial charge in [0.15, 0.2) is 0 Å². The number of hydrogen-bond acceptors (Lipinski definition) is 3. The van der Waals surface area contributed by atoms with Crippen LogP contribution >= 0.6 is 11.8 Å². The maximum absolute atomic E-state index is 12.9. The Hall–Kier alpha value is -2.27. The Bertz CT molecular complexity index is 938. The Morgan fingerprint density at radius 3 is 2.64 bits per heavy atom. The summed E-state index contributed by atoms with van der Waals surface area (Å²) in [5, 5.41) is -0.133. The number of imide groups is 1. The largest absolute Gasteiger partial charge is 0.317 e. The molecule has 0 spiro atoms. The van der Waals surface area contributed by atoms with Crippen molar-refractivity contribution in [1.82, 2.24) is 9.47 Å². The molecule has 1 aromatic heterocycles. The third kappa shape index (κ3) is 3.81. The van der Waals surface area contributed by atoms with Crippen molar-refractivity contribution in [3.05, 3.63) is 58.3 Å². The summed E-state index contributed by atoms with van der Waals surface area (Å²) in [4.78, 5) is 27.3. The standard InChI is InChI=1S/C23H26N2O2S/c1-16-10-11-20(17(2)13-16)24-12-6-9-19(24)14-21-22(26)25(23(27)28-21)15-18-7-4-3-5-8-18/h6,9-14,18H,3-5,7-8,15H2,1-2H3/b21-14+.